The van der Waals surface area contributed by atoms with Gasteiger partial charge in [0.15, 0.2) is 5.03 Å². The fourth-order valence-electron chi connectivity index (χ4n) is 2.51. The first-order chi connectivity index (χ1) is 14.1. The van der Waals surface area contributed by atoms with E-state index in [2.05, 4.69) is 21.1 Å². The zero-order chi connectivity index (χ0) is 22.6. The van der Waals surface area contributed by atoms with Crippen LogP contribution >= 0.6 is 0 Å². The number of alkyl carbamates (subject to hydrolysis) is 1. The van der Waals surface area contributed by atoms with Gasteiger partial charge in [-0.2, -0.15) is 0 Å². The molecule has 30 heavy (non-hydrogen) atoms. The molecule has 0 unspecified atom stereocenters. The summed E-state index contributed by atoms with van der Waals surface area (Å²) in [7, 11) is 0. The lowest BCUT2D eigenvalue weighted by atomic mass is 10.1. The summed E-state index contributed by atoms with van der Waals surface area (Å²) < 4.78 is 5.06. The molecular weight excluding hydrogens is 390 g/mol. The maximum atomic E-state index is 11.8. The van der Waals surface area contributed by atoms with Gasteiger partial charge in [0.05, 0.1) is 0 Å². The molecule has 1 aromatic carbocycles. The van der Waals surface area contributed by atoms with Crippen LogP contribution in [0.5, 0.6) is 0 Å². The van der Waals surface area contributed by atoms with Gasteiger partial charge >= 0.3 is 6.09 Å². The monoisotopic (exact) mass is 423 g/mol. The summed E-state index contributed by atoms with van der Waals surface area (Å²) in [6.45, 7) is 6.59. The molecule has 7 N–H and O–H groups in total. The highest BCUT2D eigenvalue weighted by atomic mass is 16.7. The lowest BCUT2D eigenvalue weighted by molar-refractivity contribution is -0.485. The Morgan fingerprint density at radius 3 is 2.73 bits per heavy atom. The second kappa shape index (κ2) is 12.6. The molecule has 0 aliphatic carbocycles. The third-order valence-corrected chi connectivity index (χ3v) is 3.77. The highest BCUT2D eigenvalue weighted by Gasteiger charge is 2.18. The molecule has 11 heteroatoms. The van der Waals surface area contributed by atoms with Gasteiger partial charge in [-0.25, -0.2) is 14.9 Å². The number of nitrogens with two attached hydrogens (primary N) is 2. The van der Waals surface area contributed by atoms with Gasteiger partial charge in [0, 0.05) is 24.8 Å². The summed E-state index contributed by atoms with van der Waals surface area (Å²) in [4.78, 5) is 22.4. The van der Waals surface area contributed by atoms with Crippen molar-refractivity contribution in [2.45, 2.75) is 51.7 Å². The second-order valence-electron chi connectivity index (χ2n) is 7.76. The third-order valence-electron chi connectivity index (χ3n) is 3.77. The molecule has 0 radical (unpaired) electrons. The molecule has 0 bridgehead atoms. The van der Waals surface area contributed by atoms with Gasteiger partial charge in [-0.05, 0) is 64.3 Å². The smallest absolute Gasteiger partial charge is 0.414 e. The number of nitrogens with zero attached hydrogens (tertiary/aromatic N) is 2. The average molecular weight is 424 g/mol. The van der Waals surface area contributed by atoms with Crippen LogP contribution in [-0.2, 0) is 11.2 Å². The van der Waals surface area contributed by atoms with Crippen LogP contribution in [0.3, 0.4) is 0 Å². The van der Waals surface area contributed by atoms with Crippen molar-refractivity contribution in [3.8, 4) is 0 Å². The lowest BCUT2D eigenvalue weighted by Gasteiger charge is -2.19. The number of nitrogens with one attached hydrogen (secondary N) is 3. The topological polar surface area (TPSA) is 170 Å². The van der Waals surface area contributed by atoms with E-state index in [1.807, 2.05) is 24.3 Å². The molecule has 0 saturated carbocycles. The predicted octanol–water partition coefficient (Wildman–Crippen LogP) is 1.37. The van der Waals surface area contributed by atoms with E-state index in [9.17, 15) is 14.9 Å². The minimum atomic E-state index is -0.895. The second-order valence-corrected chi connectivity index (χ2v) is 7.76. The fourth-order valence-corrected chi connectivity index (χ4v) is 2.51. The van der Waals surface area contributed by atoms with Gasteiger partial charge in [0.1, 0.15) is 10.7 Å². The largest absolute Gasteiger partial charge is 0.444 e. The molecule has 0 aliphatic rings. The van der Waals surface area contributed by atoms with E-state index < -0.39 is 16.7 Å². The van der Waals surface area contributed by atoms with E-state index in [-0.39, 0.29) is 12.0 Å². The van der Waals surface area contributed by atoms with Gasteiger partial charge < -0.3 is 26.8 Å². The zero-order valence-electron chi connectivity index (χ0n) is 17.8. The molecular formula is C19H33N7O4. The molecule has 0 heterocycles. The lowest BCUT2D eigenvalue weighted by Crippen LogP contribution is -2.44. The minimum Gasteiger partial charge on any atom is -0.444 e. The number of carbonyl (C=O) groups is 1. The number of amides is 1. The Morgan fingerprint density at radius 1 is 1.37 bits per heavy atom. The number of ether oxygens (including phenoxy) is 1. The summed E-state index contributed by atoms with van der Waals surface area (Å²) in [6.07, 6.45) is 1.29. The number of hydrogen-bond acceptors (Lipinski definition) is 7. The Bertz CT molecular complexity index is 719. The maximum absolute atomic E-state index is 11.8. The van der Waals surface area contributed by atoms with Crippen molar-refractivity contribution in [1.82, 2.24) is 10.6 Å². The Hall–Kier alpha value is -2.92. The van der Waals surface area contributed by atoms with Gasteiger partial charge in [0.2, 0.25) is 0 Å². The first-order valence-electron chi connectivity index (χ1n) is 9.84. The molecule has 1 atom stereocenters. The van der Waals surface area contributed by atoms with Crippen LogP contribution in [0, 0.1) is 10.1 Å². The first kappa shape index (κ1) is 25.1. The van der Waals surface area contributed by atoms with Crippen LogP contribution in [0.25, 0.3) is 0 Å². The van der Waals surface area contributed by atoms with Gasteiger partial charge in [-0.3, -0.25) is 5.32 Å². The standard InChI is InChI=1S/C19H33N7O4/c1-19(2,3)30-18(27)24-17(25-26(28)29)22-11-5-7-15(21)13-23-16-8-4-6-14(12-16)9-10-20/h4,6,8,12,15,23H,5,7,9-11,13,20-21H2,1-3H3,(H2,22,24,25,27)/t15-/m0/s1. The van der Waals surface area contributed by atoms with Crippen molar-refractivity contribution in [1.29, 1.82) is 0 Å². The summed E-state index contributed by atoms with van der Waals surface area (Å²) >= 11 is 0. The number of guanidine groups is 1. The number of anilines is 1. The quantitative estimate of drug-likeness (QED) is 0.123. The Balaban J connectivity index is 2.38. The molecule has 0 aromatic heterocycles. The predicted molar refractivity (Wildman–Crippen MR) is 117 cm³/mol. The van der Waals surface area contributed by atoms with Crippen molar-refractivity contribution in [2.75, 3.05) is 25.0 Å². The maximum Gasteiger partial charge on any atom is 0.414 e. The SMILES string of the molecule is CC(C)(C)OC(=O)NC(=N[N+](=O)[O-])NCCC[C@H](N)CNc1cccc(CCN)c1. The van der Waals surface area contributed by atoms with Crippen LogP contribution < -0.4 is 27.4 Å². The van der Waals surface area contributed by atoms with Crippen molar-refractivity contribution >= 4 is 17.7 Å². The number of benzene rings is 1. The van der Waals surface area contributed by atoms with Gasteiger partial charge in [-0.15, -0.1) is 0 Å². The fraction of sp³-hybridized carbons (Fsp3) is 0.579. The van der Waals surface area contributed by atoms with E-state index >= 15 is 0 Å². The normalized spacial score (nSPS) is 12.8. The third kappa shape index (κ3) is 11.8. The van der Waals surface area contributed by atoms with Gasteiger partial charge in [-0.1, -0.05) is 12.1 Å². The number of hydrogen-bond donors (Lipinski definition) is 5. The number of nitro groups is 1. The Morgan fingerprint density at radius 2 is 2.10 bits per heavy atom. The molecule has 1 aromatic rings. The Kier molecular flexibility index (Phi) is 10.6. The van der Waals surface area contributed by atoms with Crippen molar-refractivity contribution in [3.63, 3.8) is 0 Å². The van der Waals surface area contributed by atoms with Crippen molar-refractivity contribution in [3.05, 3.63) is 39.9 Å². The van der Waals surface area contributed by atoms with Gasteiger partial charge in [0.25, 0.3) is 5.96 Å². The van der Waals surface area contributed by atoms with Crippen LogP contribution in [-0.4, -0.2) is 48.4 Å². The van der Waals surface area contributed by atoms with E-state index in [0.717, 1.165) is 17.7 Å². The molecule has 0 spiro atoms. The van der Waals surface area contributed by atoms with E-state index in [1.165, 1.54) is 0 Å². The minimum absolute atomic E-state index is 0.111. The molecule has 0 saturated heterocycles. The number of carbonyl (C=O) groups excluding carboxylic acids is 1. The van der Waals surface area contributed by atoms with Crippen LogP contribution in [0.2, 0.25) is 0 Å². The molecule has 1 rings (SSSR count). The summed E-state index contributed by atoms with van der Waals surface area (Å²) in [6, 6.07) is 7.90. The van der Waals surface area contributed by atoms with Crippen molar-refractivity contribution in [2.24, 2.45) is 16.6 Å². The molecule has 0 fully saturated rings. The van der Waals surface area contributed by atoms with E-state index in [4.69, 9.17) is 16.2 Å². The van der Waals surface area contributed by atoms with Crippen LogP contribution in [0.4, 0.5) is 10.5 Å². The summed E-state index contributed by atoms with van der Waals surface area (Å²) in [5.41, 5.74) is 13.1. The summed E-state index contributed by atoms with van der Waals surface area (Å²) in [5.74, 6) is -0.280. The van der Waals surface area contributed by atoms with E-state index in [0.29, 0.717) is 32.5 Å². The molecule has 0 aliphatic heterocycles. The highest BCUT2D eigenvalue weighted by Crippen LogP contribution is 2.11. The Labute approximate surface area is 176 Å². The molecule has 11 nitrogen and oxygen atoms in total. The summed E-state index contributed by atoms with van der Waals surface area (Å²) in [5, 5.41) is 21.1. The van der Waals surface area contributed by atoms with Crippen LogP contribution in [0.15, 0.2) is 29.4 Å². The number of rotatable bonds is 10. The number of hydrazone groups is 1. The van der Waals surface area contributed by atoms with Crippen LogP contribution in [0.1, 0.15) is 39.2 Å². The highest BCUT2D eigenvalue weighted by molar-refractivity contribution is 5.93. The average Bonchev–Trinajstić information content (AvgIpc) is 2.62. The zero-order valence-corrected chi connectivity index (χ0v) is 17.8. The molecule has 1 amide bonds. The molecule has 168 valence electrons. The van der Waals surface area contributed by atoms with Crippen molar-refractivity contribution < 1.29 is 14.6 Å². The van der Waals surface area contributed by atoms with E-state index in [1.54, 1.807) is 20.8 Å². The first-order valence-corrected chi connectivity index (χ1v) is 9.84.